The Morgan fingerprint density at radius 2 is 2.06 bits per heavy atom. The summed E-state index contributed by atoms with van der Waals surface area (Å²) in [5, 5.41) is 8.47. The smallest absolute Gasteiger partial charge is 0.0597 e. The quantitative estimate of drug-likeness (QED) is 0.905. The maximum Gasteiger partial charge on any atom is 0.0597 e. The number of anilines is 1. The first-order valence-corrected chi connectivity index (χ1v) is 5.93. The molecular formula is C13H16ClN3. The maximum atomic E-state index is 5.92. The topological polar surface area (TPSA) is 29.9 Å². The van der Waals surface area contributed by atoms with Crippen LogP contribution >= 0.6 is 11.6 Å². The van der Waals surface area contributed by atoms with Gasteiger partial charge in [0.25, 0.3) is 0 Å². The Hall–Kier alpha value is -1.48. The third-order valence-electron chi connectivity index (χ3n) is 2.75. The molecule has 0 saturated carbocycles. The van der Waals surface area contributed by atoms with Crippen LogP contribution in [0.15, 0.2) is 24.3 Å². The van der Waals surface area contributed by atoms with E-state index in [1.54, 1.807) is 0 Å². The monoisotopic (exact) mass is 249 g/mol. The van der Waals surface area contributed by atoms with Gasteiger partial charge in [-0.05, 0) is 43.7 Å². The maximum absolute atomic E-state index is 5.92. The molecule has 0 unspecified atom stereocenters. The van der Waals surface area contributed by atoms with Crippen molar-refractivity contribution in [3.8, 4) is 0 Å². The highest BCUT2D eigenvalue weighted by Crippen LogP contribution is 2.20. The molecule has 0 fully saturated rings. The van der Waals surface area contributed by atoms with Gasteiger partial charge in [-0.15, -0.1) is 0 Å². The third kappa shape index (κ3) is 2.80. The zero-order valence-corrected chi connectivity index (χ0v) is 11.0. The van der Waals surface area contributed by atoms with Crippen LogP contribution in [0.4, 0.5) is 5.69 Å². The largest absolute Gasteiger partial charge is 0.379 e. The Balaban J connectivity index is 2.10. The lowest BCUT2D eigenvalue weighted by Crippen LogP contribution is -2.06. The van der Waals surface area contributed by atoms with E-state index in [1.807, 2.05) is 43.8 Å². The van der Waals surface area contributed by atoms with Crippen molar-refractivity contribution < 1.29 is 0 Å². The molecule has 2 aromatic rings. The van der Waals surface area contributed by atoms with Gasteiger partial charge >= 0.3 is 0 Å². The number of benzene rings is 1. The van der Waals surface area contributed by atoms with Gasteiger partial charge in [0.15, 0.2) is 0 Å². The summed E-state index contributed by atoms with van der Waals surface area (Å²) in [6.45, 7) is 4.81. The molecule has 0 atom stereocenters. The second kappa shape index (κ2) is 4.80. The van der Waals surface area contributed by atoms with Gasteiger partial charge in [-0.3, -0.25) is 4.68 Å². The number of hydrogen-bond acceptors (Lipinski definition) is 2. The molecule has 0 aliphatic carbocycles. The van der Waals surface area contributed by atoms with Crippen molar-refractivity contribution in [3.05, 3.63) is 46.2 Å². The van der Waals surface area contributed by atoms with Gasteiger partial charge in [0.2, 0.25) is 0 Å². The highest BCUT2D eigenvalue weighted by atomic mass is 35.5. The molecule has 0 bridgehead atoms. The highest BCUT2D eigenvalue weighted by molar-refractivity contribution is 6.30. The van der Waals surface area contributed by atoms with Crippen LogP contribution in [0.2, 0.25) is 5.02 Å². The second-order valence-corrected chi connectivity index (χ2v) is 4.65. The molecule has 3 nitrogen and oxygen atoms in total. The first kappa shape index (κ1) is 12.0. The van der Waals surface area contributed by atoms with E-state index in [-0.39, 0.29) is 0 Å². The van der Waals surface area contributed by atoms with E-state index in [9.17, 15) is 0 Å². The molecule has 1 N–H and O–H groups in total. The van der Waals surface area contributed by atoms with Crippen LogP contribution in [0.3, 0.4) is 0 Å². The van der Waals surface area contributed by atoms with Gasteiger partial charge in [0.05, 0.1) is 17.9 Å². The second-order valence-electron chi connectivity index (χ2n) is 4.21. The minimum atomic E-state index is 0.764. The number of nitrogens with zero attached hydrogens (tertiary/aromatic N) is 2. The van der Waals surface area contributed by atoms with Crippen LogP contribution in [0.25, 0.3) is 0 Å². The summed E-state index contributed by atoms with van der Waals surface area (Å²) in [6.07, 6.45) is 0. The van der Waals surface area contributed by atoms with Gasteiger partial charge in [-0.1, -0.05) is 11.6 Å². The van der Waals surface area contributed by atoms with E-state index in [2.05, 4.69) is 16.5 Å². The Morgan fingerprint density at radius 3 is 2.65 bits per heavy atom. The van der Waals surface area contributed by atoms with E-state index < -0.39 is 0 Å². The molecule has 0 spiro atoms. The van der Waals surface area contributed by atoms with Crippen LogP contribution in [0.5, 0.6) is 0 Å². The van der Waals surface area contributed by atoms with Crippen molar-refractivity contribution in [2.24, 2.45) is 7.05 Å². The summed E-state index contributed by atoms with van der Waals surface area (Å²) < 4.78 is 1.90. The van der Waals surface area contributed by atoms with Crippen LogP contribution < -0.4 is 5.32 Å². The van der Waals surface area contributed by atoms with Crippen molar-refractivity contribution in [2.45, 2.75) is 20.4 Å². The fourth-order valence-corrected chi connectivity index (χ4v) is 2.07. The zero-order chi connectivity index (χ0) is 12.4. The van der Waals surface area contributed by atoms with Crippen LogP contribution in [0.1, 0.15) is 17.0 Å². The van der Waals surface area contributed by atoms with Crippen LogP contribution in [0, 0.1) is 13.8 Å². The standard InChI is InChI=1S/C13H16ClN3/c1-9-6-11(14)4-5-13(9)15-8-12-7-10(2)16-17(12)3/h4-7,15H,8H2,1-3H3. The lowest BCUT2D eigenvalue weighted by Gasteiger charge is -2.09. The van der Waals surface area contributed by atoms with Crippen molar-refractivity contribution in [2.75, 3.05) is 5.32 Å². The molecule has 17 heavy (non-hydrogen) atoms. The van der Waals surface area contributed by atoms with E-state index in [0.717, 1.165) is 34.2 Å². The molecule has 0 radical (unpaired) electrons. The SMILES string of the molecule is Cc1cc(CNc2ccc(Cl)cc2C)n(C)n1. The first-order valence-electron chi connectivity index (χ1n) is 5.56. The van der Waals surface area contributed by atoms with Crippen molar-refractivity contribution in [1.82, 2.24) is 9.78 Å². The molecule has 0 saturated heterocycles. The minimum absolute atomic E-state index is 0.764. The first-order chi connectivity index (χ1) is 8.06. The number of aryl methyl sites for hydroxylation is 3. The van der Waals surface area contributed by atoms with Gasteiger partial charge in [-0.2, -0.15) is 5.10 Å². The van der Waals surface area contributed by atoms with E-state index in [4.69, 9.17) is 11.6 Å². The fraction of sp³-hybridized carbons (Fsp3) is 0.308. The molecule has 1 heterocycles. The van der Waals surface area contributed by atoms with Crippen molar-refractivity contribution in [1.29, 1.82) is 0 Å². The molecule has 1 aromatic heterocycles. The van der Waals surface area contributed by atoms with E-state index in [1.165, 1.54) is 0 Å². The molecule has 0 aliphatic heterocycles. The van der Waals surface area contributed by atoms with Crippen molar-refractivity contribution in [3.63, 3.8) is 0 Å². The van der Waals surface area contributed by atoms with Crippen LogP contribution in [-0.4, -0.2) is 9.78 Å². The predicted octanol–water partition coefficient (Wildman–Crippen LogP) is 3.30. The summed E-state index contributed by atoms with van der Waals surface area (Å²) in [7, 11) is 1.96. The van der Waals surface area contributed by atoms with Crippen LogP contribution in [-0.2, 0) is 13.6 Å². The normalized spacial score (nSPS) is 10.6. The fourth-order valence-electron chi connectivity index (χ4n) is 1.84. The molecule has 1 aromatic carbocycles. The molecular weight excluding hydrogens is 234 g/mol. The lowest BCUT2D eigenvalue weighted by molar-refractivity contribution is 0.713. The summed E-state index contributed by atoms with van der Waals surface area (Å²) >= 11 is 5.92. The number of halogens is 1. The average molecular weight is 250 g/mol. The Morgan fingerprint density at radius 1 is 1.29 bits per heavy atom. The summed E-state index contributed by atoms with van der Waals surface area (Å²) in [5.41, 5.74) is 4.46. The Bertz CT molecular complexity index is 531. The predicted molar refractivity (Wildman–Crippen MR) is 71.5 cm³/mol. The molecule has 0 amide bonds. The van der Waals surface area contributed by atoms with Gasteiger partial charge in [-0.25, -0.2) is 0 Å². The van der Waals surface area contributed by atoms with E-state index in [0.29, 0.717) is 0 Å². The summed E-state index contributed by atoms with van der Waals surface area (Å²) in [6, 6.07) is 7.93. The number of rotatable bonds is 3. The summed E-state index contributed by atoms with van der Waals surface area (Å²) in [5.74, 6) is 0. The van der Waals surface area contributed by atoms with Crippen molar-refractivity contribution >= 4 is 17.3 Å². The Labute approximate surface area is 106 Å². The molecule has 4 heteroatoms. The Kier molecular flexibility index (Phi) is 3.38. The highest BCUT2D eigenvalue weighted by Gasteiger charge is 2.03. The molecule has 2 rings (SSSR count). The minimum Gasteiger partial charge on any atom is -0.379 e. The molecule has 0 aliphatic rings. The van der Waals surface area contributed by atoms with E-state index >= 15 is 0 Å². The third-order valence-corrected chi connectivity index (χ3v) is 2.98. The number of nitrogens with one attached hydrogen (secondary N) is 1. The van der Waals surface area contributed by atoms with Gasteiger partial charge in [0, 0.05) is 17.8 Å². The number of hydrogen-bond donors (Lipinski definition) is 1. The number of aromatic nitrogens is 2. The van der Waals surface area contributed by atoms with Gasteiger partial charge in [0.1, 0.15) is 0 Å². The molecule has 90 valence electrons. The lowest BCUT2D eigenvalue weighted by atomic mass is 10.2. The average Bonchev–Trinajstić information content (AvgIpc) is 2.56. The zero-order valence-electron chi connectivity index (χ0n) is 10.3. The summed E-state index contributed by atoms with van der Waals surface area (Å²) in [4.78, 5) is 0. The van der Waals surface area contributed by atoms with Gasteiger partial charge < -0.3 is 5.32 Å².